The second-order valence-electron chi connectivity index (χ2n) is 9.51. The van der Waals surface area contributed by atoms with Crippen LogP contribution >= 0.6 is 23.2 Å². The molecule has 1 amide bonds. The maximum atomic E-state index is 14.0. The lowest BCUT2D eigenvalue weighted by Gasteiger charge is -2.52. The van der Waals surface area contributed by atoms with E-state index in [-0.39, 0.29) is 29.9 Å². The first kappa shape index (κ1) is 25.3. The van der Waals surface area contributed by atoms with Crippen molar-refractivity contribution in [3.63, 3.8) is 0 Å². The van der Waals surface area contributed by atoms with Gasteiger partial charge in [-0.3, -0.25) is 14.4 Å². The Balaban J connectivity index is 2.29. The maximum Gasteiger partial charge on any atom is 0.304 e. The Morgan fingerprint density at radius 3 is 2.24 bits per heavy atom. The van der Waals surface area contributed by atoms with Crippen molar-refractivity contribution >= 4 is 40.9 Å². The quantitative estimate of drug-likeness (QED) is 0.506. The SMILES string of the molecule is CC(=O)[C@H](C(C)C)N1C(=O)[C@](C)(CC(=O)O)C[C@H](c2cccc(Cl)c2)[C@H]1c1ccc(Cl)cc1. The first-order valence-electron chi connectivity index (χ1n) is 11.0. The van der Waals surface area contributed by atoms with Gasteiger partial charge < -0.3 is 10.0 Å². The van der Waals surface area contributed by atoms with E-state index >= 15 is 0 Å². The van der Waals surface area contributed by atoms with E-state index in [9.17, 15) is 19.5 Å². The molecule has 0 bridgehead atoms. The largest absolute Gasteiger partial charge is 0.481 e. The van der Waals surface area contributed by atoms with E-state index < -0.39 is 23.5 Å². The average molecular weight is 490 g/mol. The lowest BCUT2D eigenvalue weighted by molar-refractivity contribution is -0.163. The number of piperidine rings is 1. The fourth-order valence-electron chi connectivity index (χ4n) is 5.17. The van der Waals surface area contributed by atoms with Crippen LogP contribution in [0.5, 0.6) is 0 Å². The number of carboxylic acids is 1. The van der Waals surface area contributed by atoms with Crippen LogP contribution in [0, 0.1) is 11.3 Å². The lowest BCUT2D eigenvalue weighted by Crippen LogP contribution is -2.59. The van der Waals surface area contributed by atoms with E-state index in [0.29, 0.717) is 16.5 Å². The standard InChI is InChI=1S/C26H29Cl2NO4/c1-15(2)23(16(3)30)29-24(17-8-10-19(27)11-9-17)21(18-6-5-7-20(28)12-18)13-26(4,25(29)33)14-22(31)32/h5-12,15,21,23-24H,13-14H2,1-4H3,(H,31,32)/t21-,23+,24-,26+/m1/s1. The van der Waals surface area contributed by atoms with Gasteiger partial charge in [0.05, 0.1) is 23.9 Å². The predicted octanol–water partition coefficient (Wildman–Crippen LogP) is 6.15. The van der Waals surface area contributed by atoms with E-state index in [1.807, 2.05) is 44.2 Å². The number of carbonyl (C=O) groups excluding carboxylic acids is 2. The van der Waals surface area contributed by atoms with Crippen LogP contribution in [0.4, 0.5) is 0 Å². The molecule has 4 atom stereocenters. The number of benzene rings is 2. The number of halogens is 2. The summed E-state index contributed by atoms with van der Waals surface area (Å²) >= 11 is 12.5. The Hall–Kier alpha value is -2.37. The van der Waals surface area contributed by atoms with E-state index in [0.717, 1.165) is 11.1 Å². The fraction of sp³-hybridized carbons (Fsp3) is 0.423. The molecule has 33 heavy (non-hydrogen) atoms. The Morgan fingerprint density at radius 2 is 1.73 bits per heavy atom. The van der Waals surface area contributed by atoms with Gasteiger partial charge in [-0.05, 0) is 54.7 Å². The highest BCUT2D eigenvalue weighted by Gasteiger charge is 2.53. The van der Waals surface area contributed by atoms with Gasteiger partial charge in [-0.2, -0.15) is 0 Å². The minimum atomic E-state index is -1.18. The maximum absolute atomic E-state index is 14.0. The number of carboxylic acid groups (broad SMARTS) is 1. The van der Waals surface area contributed by atoms with Crippen molar-refractivity contribution in [3.05, 3.63) is 69.7 Å². The van der Waals surface area contributed by atoms with Crippen molar-refractivity contribution in [2.75, 3.05) is 0 Å². The van der Waals surface area contributed by atoms with Crippen molar-refractivity contribution in [2.24, 2.45) is 11.3 Å². The molecule has 1 N–H and O–H groups in total. The van der Waals surface area contributed by atoms with Gasteiger partial charge in [-0.25, -0.2) is 0 Å². The van der Waals surface area contributed by atoms with Gasteiger partial charge in [0, 0.05) is 16.0 Å². The third-order valence-electron chi connectivity index (χ3n) is 6.48. The first-order chi connectivity index (χ1) is 15.4. The van der Waals surface area contributed by atoms with Gasteiger partial charge in [0.2, 0.25) is 5.91 Å². The fourth-order valence-corrected chi connectivity index (χ4v) is 5.50. The zero-order chi connectivity index (χ0) is 24.5. The molecule has 1 heterocycles. The summed E-state index contributed by atoms with van der Waals surface area (Å²) in [6.07, 6.45) is -0.0134. The molecule has 7 heteroatoms. The summed E-state index contributed by atoms with van der Waals surface area (Å²) < 4.78 is 0. The Morgan fingerprint density at radius 1 is 1.09 bits per heavy atom. The Kier molecular flexibility index (Phi) is 7.55. The van der Waals surface area contributed by atoms with Crippen molar-refractivity contribution in [3.8, 4) is 0 Å². The van der Waals surface area contributed by atoms with Crippen LogP contribution in [0.3, 0.4) is 0 Å². The van der Waals surface area contributed by atoms with Gasteiger partial charge in [0.25, 0.3) is 0 Å². The Labute approximate surface area is 204 Å². The highest BCUT2D eigenvalue weighted by molar-refractivity contribution is 6.30. The lowest BCUT2D eigenvalue weighted by atomic mass is 9.66. The molecule has 0 saturated carbocycles. The normalized spacial score (nSPS) is 24.1. The number of rotatable bonds is 7. The molecule has 2 aromatic rings. The molecule has 2 aromatic carbocycles. The molecular weight excluding hydrogens is 461 g/mol. The highest BCUT2D eigenvalue weighted by atomic mass is 35.5. The Bertz CT molecular complexity index is 1050. The van der Waals surface area contributed by atoms with Gasteiger partial charge in [-0.15, -0.1) is 0 Å². The second-order valence-corrected chi connectivity index (χ2v) is 10.4. The summed E-state index contributed by atoms with van der Waals surface area (Å²) in [5, 5.41) is 10.8. The predicted molar refractivity (Wildman–Crippen MR) is 130 cm³/mol. The number of Topliss-reactive ketones (excluding diaryl/α,β-unsaturated/α-hetero) is 1. The van der Waals surface area contributed by atoms with Crippen molar-refractivity contribution < 1.29 is 19.5 Å². The summed E-state index contributed by atoms with van der Waals surface area (Å²) in [6.45, 7) is 6.96. The molecule has 0 aliphatic carbocycles. The summed E-state index contributed by atoms with van der Waals surface area (Å²) in [7, 11) is 0. The molecule has 176 valence electrons. The smallest absolute Gasteiger partial charge is 0.304 e. The van der Waals surface area contributed by atoms with Crippen molar-refractivity contribution in [1.29, 1.82) is 0 Å². The van der Waals surface area contributed by atoms with Crippen LogP contribution < -0.4 is 0 Å². The topological polar surface area (TPSA) is 74.7 Å². The van der Waals surface area contributed by atoms with Crippen molar-refractivity contribution in [2.45, 2.75) is 58.5 Å². The number of amides is 1. The molecule has 0 aromatic heterocycles. The van der Waals surface area contributed by atoms with Crippen LogP contribution in [0.25, 0.3) is 0 Å². The molecule has 1 saturated heterocycles. The van der Waals surface area contributed by atoms with Crippen LogP contribution in [-0.4, -0.2) is 33.7 Å². The molecule has 1 fully saturated rings. The molecule has 0 radical (unpaired) electrons. The van der Waals surface area contributed by atoms with Gasteiger partial charge in [0.1, 0.15) is 0 Å². The number of ketones is 1. The summed E-state index contributed by atoms with van der Waals surface area (Å²) in [6, 6.07) is 13.5. The third kappa shape index (κ3) is 5.25. The number of likely N-dealkylation sites (tertiary alicyclic amines) is 1. The zero-order valence-electron chi connectivity index (χ0n) is 19.2. The molecule has 1 aliphatic rings. The van der Waals surface area contributed by atoms with E-state index in [1.54, 1.807) is 30.0 Å². The molecule has 0 spiro atoms. The molecule has 3 rings (SSSR count). The van der Waals surface area contributed by atoms with E-state index in [2.05, 4.69) is 0 Å². The summed E-state index contributed by atoms with van der Waals surface area (Å²) in [5.74, 6) is -1.94. The number of carbonyl (C=O) groups is 3. The minimum absolute atomic E-state index is 0.137. The first-order valence-corrected chi connectivity index (χ1v) is 11.8. The number of hydrogen-bond donors (Lipinski definition) is 1. The third-order valence-corrected chi connectivity index (χ3v) is 6.97. The number of aliphatic carboxylic acids is 1. The monoisotopic (exact) mass is 489 g/mol. The van der Waals surface area contributed by atoms with Gasteiger partial charge in [-0.1, -0.05) is 68.2 Å². The molecular formula is C26H29Cl2NO4. The summed E-state index contributed by atoms with van der Waals surface area (Å²) in [4.78, 5) is 40.2. The van der Waals surface area contributed by atoms with Crippen molar-refractivity contribution in [1.82, 2.24) is 4.90 Å². The molecule has 5 nitrogen and oxygen atoms in total. The molecule has 1 aliphatic heterocycles. The molecule has 0 unspecified atom stereocenters. The van der Waals surface area contributed by atoms with Gasteiger partial charge in [0.15, 0.2) is 5.78 Å². The van der Waals surface area contributed by atoms with Gasteiger partial charge >= 0.3 is 5.97 Å². The van der Waals surface area contributed by atoms with Crippen LogP contribution in [0.2, 0.25) is 10.0 Å². The van der Waals surface area contributed by atoms with Crippen LogP contribution in [-0.2, 0) is 14.4 Å². The van der Waals surface area contributed by atoms with E-state index in [1.165, 1.54) is 6.92 Å². The van der Waals surface area contributed by atoms with Crippen LogP contribution in [0.1, 0.15) is 63.6 Å². The van der Waals surface area contributed by atoms with Crippen LogP contribution in [0.15, 0.2) is 48.5 Å². The number of hydrogen-bond acceptors (Lipinski definition) is 3. The summed E-state index contributed by atoms with van der Waals surface area (Å²) in [5.41, 5.74) is 0.550. The zero-order valence-corrected chi connectivity index (χ0v) is 20.7. The average Bonchev–Trinajstić information content (AvgIpc) is 2.71. The number of nitrogens with zero attached hydrogens (tertiary/aromatic N) is 1. The minimum Gasteiger partial charge on any atom is -0.481 e. The highest BCUT2D eigenvalue weighted by Crippen LogP contribution is 2.52. The second kappa shape index (κ2) is 9.86. The van der Waals surface area contributed by atoms with E-state index in [4.69, 9.17) is 23.2 Å².